The number of carboxylic acids is 1. The highest BCUT2D eigenvalue weighted by molar-refractivity contribution is 5.99. The van der Waals surface area contributed by atoms with Crippen molar-refractivity contribution in [2.75, 3.05) is 39.3 Å². The second-order valence-electron chi connectivity index (χ2n) is 9.87. The van der Waals surface area contributed by atoms with Crippen molar-refractivity contribution in [1.29, 1.82) is 5.41 Å². The van der Waals surface area contributed by atoms with E-state index in [9.17, 15) is 28.7 Å². The van der Waals surface area contributed by atoms with Gasteiger partial charge in [-0.25, -0.2) is 13.6 Å². The zero-order valence-corrected chi connectivity index (χ0v) is 22.2. The minimum atomic E-state index is -2.42. The summed E-state index contributed by atoms with van der Waals surface area (Å²) in [6.07, 6.45) is 0. The van der Waals surface area contributed by atoms with Crippen molar-refractivity contribution in [1.82, 2.24) is 25.8 Å². The van der Waals surface area contributed by atoms with Gasteiger partial charge in [-0.15, -0.1) is 0 Å². The molecule has 3 atom stereocenters. The lowest BCUT2D eigenvalue weighted by Gasteiger charge is -2.53. The Bertz CT molecular complexity index is 1370. The molecule has 12 nitrogen and oxygen atoms in total. The first kappa shape index (κ1) is 29.6. The zero-order chi connectivity index (χ0) is 29.9. The van der Waals surface area contributed by atoms with Crippen LogP contribution in [0.25, 0.3) is 0 Å². The van der Waals surface area contributed by atoms with Gasteiger partial charge in [0.1, 0.15) is 17.5 Å². The second kappa shape index (κ2) is 12.0. The minimum absolute atomic E-state index is 0.0389. The van der Waals surface area contributed by atoms with E-state index in [1.54, 1.807) is 0 Å². The number of aliphatic carboxylic acids is 1. The Morgan fingerprint density at radius 2 is 1.63 bits per heavy atom. The van der Waals surface area contributed by atoms with Crippen molar-refractivity contribution in [2.24, 2.45) is 5.73 Å². The summed E-state index contributed by atoms with van der Waals surface area (Å²) in [4.78, 5) is 55.7. The minimum Gasteiger partial charge on any atom is -0.479 e. The van der Waals surface area contributed by atoms with Crippen LogP contribution < -0.4 is 21.7 Å². The molecule has 2 aliphatic heterocycles. The van der Waals surface area contributed by atoms with Crippen molar-refractivity contribution in [3.63, 3.8) is 0 Å². The van der Waals surface area contributed by atoms with Gasteiger partial charge in [-0.3, -0.25) is 19.8 Å². The summed E-state index contributed by atoms with van der Waals surface area (Å²) in [6.45, 7) is 1.25. The smallest absolute Gasteiger partial charge is 0.334 e. The van der Waals surface area contributed by atoms with Crippen LogP contribution >= 0.6 is 0 Å². The molecule has 2 saturated heterocycles. The normalized spacial score (nSPS) is 18.8. The molecule has 2 aliphatic rings. The Morgan fingerprint density at radius 3 is 2.20 bits per heavy atom. The van der Waals surface area contributed by atoms with Gasteiger partial charge in [0.25, 0.3) is 5.91 Å². The number of carbonyl (C=O) groups excluding carboxylic acids is 3. The fraction of sp³-hybridized carbons (Fsp3) is 0.370. The Hall–Kier alpha value is -4.43. The van der Waals surface area contributed by atoms with Gasteiger partial charge in [0.05, 0.1) is 25.2 Å². The summed E-state index contributed by atoms with van der Waals surface area (Å²) in [5, 5.41) is 26.9. The Morgan fingerprint density at radius 1 is 1.02 bits per heavy atom. The van der Waals surface area contributed by atoms with E-state index in [4.69, 9.17) is 11.1 Å². The molecule has 14 heteroatoms. The third-order valence-corrected chi connectivity index (χ3v) is 7.46. The molecular formula is C27H31F2N7O5. The first-order chi connectivity index (χ1) is 19.5. The van der Waals surface area contributed by atoms with Crippen LogP contribution in [0.1, 0.15) is 34.5 Å². The summed E-state index contributed by atoms with van der Waals surface area (Å²) >= 11 is 0. The highest BCUT2D eigenvalue weighted by Gasteiger charge is 2.61. The molecule has 0 bridgehead atoms. The molecule has 0 aromatic heterocycles. The van der Waals surface area contributed by atoms with E-state index in [0.717, 1.165) is 17.0 Å². The van der Waals surface area contributed by atoms with Gasteiger partial charge >= 0.3 is 5.97 Å². The van der Waals surface area contributed by atoms with E-state index in [1.165, 1.54) is 36.1 Å². The molecule has 4 rings (SSSR count). The number of hydrogen-bond acceptors (Lipinski definition) is 7. The van der Waals surface area contributed by atoms with Crippen molar-refractivity contribution >= 4 is 29.5 Å². The maximum Gasteiger partial charge on any atom is 0.334 e. The largest absolute Gasteiger partial charge is 0.479 e. The number of nitrogens with one attached hydrogen (secondary N) is 4. The fourth-order valence-corrected chi connectivity index (χ4v) is 5.48. The van der Waals surface area contributed by atoms with E-state index in [1.807, 2.05) is 0 Å². The van der Waals surface area contributed by atoms with Gasteiger partial charge in [-0.05, 0) is 25.1 Å². The van der Waals surface area contributed by atoms with Crippen LogP contribution in [0.4, 0.5) is 8.78 Å². The summed E-state index contributed by atoms with van der Waals surface area (Å²) in [5.74, 6) is -5.73. The van der Waals surface area contributed by atoms with Crippen molar-refractivity contribution in [2.45, 2.75) is 24.5 Å². The highest BCUT2D eigenvalue weighted by atomic mass is 19.1. The topological polar surface area (TPSA) is 181 Å². The van der Waals surface area contributed by atoms with Gasteiger partial charge in [-0.2, -0.15) is 0 Å². The lowest BCUT2D eigenvalue weighted by Crippen LogP contribution is -2.75. The maximum absolute atomic E-state index is 15.5. The van der Waals surface area contributed by atoms with Crippen molar-refractivity contribution in [3.8, 4) is 0 Å². The molecule has 41 heavy (non-hydrogen) atoms. The number of carboxylic acid groups (broad SMARTS) is 1. The molecule has 218 valence electrons. The molecule has 0 saturated carbocycles. The standard InChI is InChI=1S/C27H31F2N7O5/c1-15(34-25(39)17-4-2-16(3-5-17)24(30)31)27(26(40)41,36-11-9-33-14-22(36)38)23(35-10-8-32-13-21(35)37)19-7-6-18(28)12-20(19)29/h2-7,12,15,23,32-33H,8-11,13-14H2,1H3,(H3,30,31)(H,34,39)(H,40,41). The third kappa shape index (κ3) is 5.60. The molecule has 0 spiro atoms. The summed E-state index contributed by atoms with van der Waals surface area (Å²) in [7, 11) is 0. The first-order valence-corrected chi connectivity index (χ1v) is 12.9. The predicted molar refractivity (Wildman–Crippen MR) is 143 cm³/mol. The average molecular weight is 572 g/mol. The van der Waals surface area contributed by atoms with E-state index in [2.05, 4.69) is 16.0 Å². The zero-order valence-electron chi connectivity index (χ0n) is 22.2. The van der Waals surface area contributed by atoms with Crippen LogP contribution in [0.15, 0.2) is 42.5 Å². The first-order valence-electron chi connectivity index (χ1n) is 12.9. The van der Waals surface area contributed by atoms with Crippen LogP contribution in [0, 0.1) is 17.0 Å². The van der Waals surface area contributed by atoms with Gasteiger partial charge in [0, 0.05) is 48.9 Å². The molecule has 0 aliphatic carbocycles. The third-order valence-electron chi connectivity index (χ3n) is 7.46. The maximum atomic E-state index is 15.5. The van der Waals surface area contributed by atoms with E-state index < -0.39 is 52.9 Å². The number of nitrogens with zero attached hydrogens (tertiary/aromatic N) is 2. The lowest BCUT2D eigenvalue weighted by molar-refractivity contribution is -0.172. The van der Waals surface area contributed by atoms with Crippen molar-refractivity contribution < 1.29 is 33.1 Å². The quantitative estimate of drug-likeness (QED) is 0.177. The molecule has 2 aromatic carbocycles. The molecule has 3 amide bonds. The van der Waals surface area contributed by atoms with Crippen molar-refractivity contribution in [3.05, 3.63) is 70.8 Å². The van der Waals surface area contributed by atoms with E-state index in [-0.39, 0.29) is 56.2 Å². The number of nitrogens with two attached hydrogens (primary N) is 1. The van der Waals surface area contributed by atoms with Crippen LogP contribution in [0.5, 0.6) is 0 Å². The number of piperazine rings is 2. The van der Waals surface area contributed by atoms with E-state index >= 15 is 4.39 Å². The molecular weight excluding hydrogens is 540 g/mol. The van der Waals surface area contributed by atoms with Gasteiger partial charge in [-0.1, -0.05) is 18.2 Å². The van der Waals surface area contributed by atoms with Gasteiger partial charge in [0.15, 0.2) is 5.54 Å². The summed E-state index contributed by atoms with van der Waals surface area (Å²) in [6, 6.07) is 5.23. The summed E-state index contributed by atoms with van der Waals surface area (Å²) in [5.41, 5.74) is 3.22. The number of amidine groups is 1. The number of halogens is 2. The number of hydrogen-bond donors (Lipinski definition) is 6. The Kier molecular flexibility index (Phi) is 8.63. The number of rotatable bonds is 9. The molecule has 2 fully saturated rings. The fourth-order valence-electron chi connectivity index (χ4n) is 5.48. The lowest BCUT2D eigenvalue weighted by atomic mass is 9.75. The average Bonchev–Trinajstić information content (AvgIpc) is 2.93. The molecule has 7 N–H and O–H groups in total. The van der Waals surface area contributed by atoms with Crippen LogP contribution in [-0.2, 0) is 14.4 Å². The Labute approximate surface area is 234 Å². The SMILES string of the molecule is CC(NC(=O)c1ccc(C(=N)N)cc1)C(C(=O)O)(C(c1ccc(F)cc1F)N1CCNCC1=O)N1CCNCC1=O. The van der Waals surface area contributed by atoms with Gasteiger partial charge in [0.2, 0.25) is 11.8 Å². The van der Waals surface area contributed by atoms with Crippen LogP contribution in [0.2, 0.25) is 0 Å². The number of benzene rings is 2. The molecule has 0 radical (unpaired) electrons. The number of nitrogen functional groups attached to an aromatic ring is 1. The summed E-state index contributed by atoms with van der Waals surface area (Å²) < 4.78 is 29.5. The van der Waals surface area contributed by atoms with E-state index in [0.29, 0.717) is 11.6 Å². The van der Waals surface area contributed by atoms with Gasteiger partial charge < -0.3 is 36.6 Å². The Balaban J connectivity index is 1.90. The molecule has 3 unspecified atom stereocenters. The number of carbonyl (C=O) groups is 4. The predicted octanol–water partition coefficient (Wildman–Crippen LogP) is -0.205. The molecule has 2 aromatic rings. The van der Waals surface area contributed by atoms with Crippen LogP contribution in [-0.4, -0.2) is 95.3 Å². The highest BCUT2D eigenvalue weighted by Crippen LogP contribution is 2.42. The second-order valence-corrected chi connectivity index (χ2v) is 9.87. The monoisotopic (exact) mass is 571 g/mol. The van der Waals surface area contributed by atoms with Crippen LogP contribution in [0.3, 0.4) is 0 Å². The number of amides is 3. The molecule has 2 heterocycles.